The molecule has 0 radical (unpaired) electrons. The molecule has 0 aromatic carbocycles. The van der Waals surface area contributed by atoms with Crippen LogP contribution in [0.2, 0.25) is 0 Å². The molecule has 78 valence electrons. The molecular weight excluding hydrogens is 166 g/mol. The molecule has 13 heavy (non-hydrogen) atoms. The molecule has 2 N–H and O–H groups in total. The Labute approximate surface area is 80.5 Å². The van der Waals surface area contributed by atoms with Gasteiger partial charge in [0.25, 0.3) is 0 Å². The first kappa shape index (κ1) is 11.0. The molecule has 1 saturated carbocycles. The number of rotatable bonds is 7. The zero-order valence-electron chi connectivity index (χ0n) is 8.68. The lowest BCUT2D eigenvalue weighted by atomic mass is 9.97. The Morgan fingerprint density at radius 2 is 2.23 bits per heavy atom. The molecule has 0 aromatic heterocycles. The van der Waals surface area contributed by atoms with Gasteiger partial charge in [-0.2, -0.15) is 0 Å². The fourth-order valence-electron chi connectivity index (χ4n) is 1.52. The molecule has 0 bridgehead atoms. The molecule has 0 aromatic rings. The minimum Gasteiger partial charge on any atom is -0.394 e. The van der Waals surface area contributed by atoms with E-state index in [2.05, 4.69) is 12.2 Å². The Morgan fingerprint density at radius 1 is 1.54 bits per heavy atom. The zero-order chi connectivity index (χ0) is 9.73. The van der Waals surface area contributed by atoms with Crippen LogP contribution in [-0.4, -0.2) is 37.0 Å². The number of aliphatic hydroxyl groups excluding tert-OH is 1. The number of ether oxygens (including phenoxy) is 1. The average molecular weight is 187 g/mol. The van der Waals surface area contributed by atoms with Crippen LogP contribution in [0.1, 0.15) is 32.6 Å². The second kappa shape index (κ2) is 4.94. The van der Waals surface area contributed by atoms with Crippen molar-refractivity contribution in [3.8, 4) is 0 Å². The van der Waals surface area contributed by atoms with E-state index in [1.165, 1.54) is 12.8 Å². The molecular formula is C10H21NO2. The van der Waals surface area contributed by atoms with Gasteiger partial charge in [0.15, 0.2) is 0 Å². The standard InChI is InChI=1S/C10H21NO2/c1-10(8-12,6-3-7-13-2)11-9-4-5-9/h9,11-12H,3-8H2,1-2H3. The van der Waals surface area contributed by atoms with E-state index in [9.17, 15) is 5.11 Å². The molecule has 0 amide bonds. The van der Waals surface area contributed by atoms with E-state index < -0.39 is 0 Å². The molecule has 0 saturated heterocycles. The second-order valence-corrected chi connectivity index (χ2v) is 4.23. The SMILES string of the molecule is COCCCC(C)(CO)NC1CC1. The summed E-state index contributed by atoms with van der Waals surface area (Å²) in [6.45, 7) is 3.08. The Hall–Kier alpha value is -0.120. The van der Waals surface area contributed by atoms with Crippen LogP contribution < -0.4 is 5.32 Å². The van der Waals surface area contributed by atoms with Crippen molar-refractivity contribution in [1.82, 2.24) is 5.32 Å². The largest absolute Gasteiger partial charge is 0.394 e. The summed E-state index contributed by atoms with van der Waals surface area (Å²) in [7, 11) is 1.71. The van der Waals surface area contributed by atoms with E-state index in [4.69, 9.17) is 4.74 Å². The highest BCUT2D eigenvalue weighted by atomic mass is 16.5. The van der Waals surface area contributed by atoms with Gasteiger partial charge in [0.05, 0.1) is 6.61 Å². The zero-order valence-corrected chi connectivity index (χ0v) is 8.68. The van der Waals surface area contributed by atoms with E-state index in [0.717, 1.165) is 19.4 Å². The monoisotopic (exact) mass is 187 g/mol. The van der Waals surface area contributed by atoms with Gasteiger partial charge in [0, 0.05) is 25.3 Å². The molecule has 0 aliphatic heterocycles. The summed E-state index contributed by atoms with van der Waals surface area (Å²) < 4.78 is 4.99. The third kappa shape index (κ3) is 4.07. The minimum absolute atomic E-state index is 0.0975. The Morgan fingerprint density at radius 3 is 2.69 bits per heavy atom. The maximum Gasteiger partial charge on any atom is 0.0610 e. The maximum atomic E-state index is 9.26. The summed E-state index contributed by atoms with van der Waals surface area (Å²) in [5.41, 5.74) is -0.0975. The highest BCUT2D eigenvalue weighted by molar-refractivity contribution is 4.92. The van der Waals surface area contributed by atoms with E-state index in [-0.39, 0.29) is 12.1 Å². The topological polar surface area (TPSA) is 41.5 Å². The summed E-state index contributed by atoms with van der Waals surface area (Å²) in [4.78, 5) is 0. The van der Waals surface area contributed by atoms with Gasteiger partial charge in [-0.25, -0.2) is 0 Å². The van der Waals surface area contributed by atoms with E-state index in [0.29, 0.717) is 6.04 Å². The molecule has 0 heterocycles. The van der Waals surface area contributed by atoms with Crippen molar-refractivity contribution in [3.63, 3.8) is 0 Å². The van der Waals surface area contributed by atoms with Crippen LogP contribution >= 0.6 is 0 Å². The van der Waals surface area contributed by atoms with Crippen molar-refractivity contribution >= 4 is 0 Å². The molecule has 1 unspecified atom stereocenters. The summed E-state index contributed by atoms with van der Waals surface area (Å²) in [6.07, 6.45) is 4.51. The molecule has 1 rings (SSSR count). The normalized spacial score (nSPS) is 21.5. The van der Waals surface area contributed by atoms with Crippen LogP contribution in [0.15, 0.2) is 0 Å². The first-order valence-corrected chi connectivity index (χ1v) is 5.08. The van der Waals surface area contributed by atoms with Crippen molar-refractivity contribution in [2.45, 2.75) is 44.2 Å². The first-order valence-electron chi connectivity index (χ1n) is 5.08. The van der Waals surface area contributed by atoms with Crippen molar-refractivity contribution in [2.75, 3.05) is 20.3 Å². The molecule has 1 aliphatic carbocycles. The number of hydrogen-bond donors (Lipinski definition) is 2. The van der Waals surface area contributed by atoms with Gasteiger partial charge >= 0.3 is 0 Å². The van der Waals surface area contributed by atoms with Crippen LogP contribution in [-0.2, 0) is 4.74 Å². The molecule has 1 fully saturated rings. The lowest BCUT2D eigenvalue weighted by molar-refractivity contribution is 0.138. The molecule has 3 heteroatoms. The van der Waals surface area contributed by atoms with Crippen LogP contribution in [0.5, 0.6) is 0 Å². The summed E-state index contributed by atoms with van der Waals surface area (Å²) >= 11 is 0. The minimum atomic E-state index is -0.0975. The highest BCUT2D eigenvalue weighted by Crippen LogP contribution is 2.24. The van der Waals surface area contributed by atoms with Gasteiger partial charge < -0.3 is 15.2 Å². The average Bonchev–Trinajstić information content (AvgIpc) is 2.89. The molecule has 0 spiro atoms. The fourth-order valence-corrected chi connectivity index (χ4v) is 1.52. The predicted molar refractivity (Wildman–Crippen MR) is 52.8 cm³/mol. The second-order valence-electron chi connectivity index (χ2n) is 4.23. The van der Waals surface area contributed by atoms with Crippen LogP contribution in [0.25, 0.3) is 0 Å². The van der Waals surface area contributed by atoms with Gasteiger partial charge in [0.1, 0.15) is 0 Å². The van der Waals surface area contributed by atoms with Gasteiger partial charge in [-0.1, -0.05) is 0 Å². The van der Waals surface area contributed by atoms with Crippen LogP contribution in [0.4, 0.5) is 0 Å². The Kier molecular flexibility index (Phi) is 4.16. The lowest BCUT2D eigenvalue weighted by Gasteiger charge is -2.28. The lowest BCUT2D eigenvalue weighted by Crippen LogP contribution is -2.47. The first-order chi connectivity index (χ1) is 6.20. The molecule has 1 atom stereocenters. The third-order valence-electron chi connectivity index (χ3n) is 2.56. The van der Waals surface area contributed by atoms with Gasteiger partial charge in [-0.15, -0.1) is 0 Å². The smallest absolute Gasteiger partial charge is 0.0610 e. The van der Waals surface area contributed by atoms with Crippen LogP contribution in [0, 0.1) is 0 Å². The number of hydrogen-bond acceptors (Lipinski definition) is 3. The van der Waals surface area contributed by atoms with E-state index in [1.807, 2.05) is 0 Å². The quantitative estimate of drug-likeness (QED) is 0.582. The van der Waals surface area contributed by atoms with Crippen molar-refractivity contribution in [1.29, 1.82) is 0 Å². The number of nitrogens with one attached hydrogen (secondary N) is 1. The fraction of sp³-hybridized carbons (Fsp3) is 1.00. The highest BCUT2D eigenvalue weighted by Gasteiger charge is 2.31. The number of aliphatic hydroxyl groups is 1. The van der Waals surface area contributed by atoms with Crippen molar-refractivity contribution in [3.05, 3.63) is 0 Å². The Balaban J connectivity index is 2.20. The third-order valence-corrected chi connectivity index (χ3v) is 2.56. The summed E-state index contributed by atoms with van der Waals surface area (Å²) in [5, 5.41) is 12.7. The van der Waals surface area contributed by atoms with Crippen molar-refractivity contribution in [2.24, 2.45) is 0 Å². The summed E-state index contributed by atoms with van der Waals surface area (Å²) in [6, 6.07) is 0.652. The van der Waals surface area contributed by atoms with Crippen molar-refractivity contribution < 1.29 is 9.84 Å². The van der Waals surface area contributed by atoms with Gasteiger partial charge in [-0.3, -0.25) is 0 Å². The van der Waals surface area contributed by atoms with Gasteiger partial charge in [0.2, 0.25) is 0 Å². The van der Waals surface area contributed by atoms with Crippen LogP contribution in [0.3, 0.4) is 0 Å². The summed E-state index contributed by atoms with van der Waals surface area (Å²) in [5.74, 6) is 0. The molecule has 1 aliphatic rings. The predicted octanol–water partition coefficient (Wildman–Crippen LogP) is 0.916. The maximum absolute atomic E-state index is 9.26. The van der Waals surface area contributed by atoms with E-state index >= 15 is 0 Å². The van der Waals surface area contributed by atoms with Gasteiger partial charge in [-0.05, 0) is 32.6 Å². The van der Waals surface area contributed by atoms with E-state index in [1.54, 1.807) is 7.11 Å². The number of methoxy groups -OCH3 is 1. The Bertz CT molecular complexity index is 148. The molecule has 3 nitrogen and oxygen atoms in total.